The molecule has 0 radical (unpaired) electrons. The number of methoxy groups -OCH3 is 1. The number of benzene rings is 2. The van der Waals surface area contributed by atoms with Gasteiger partial charge in [-0.3, -0.25) is 10.4 Å². The second-order valence-corrected chi connectivity index (χ2v) is 5.80. The van der Waals surface area contributed by atoms with Gasteiger partial charge in [0.1, 0.15) is 0 Å². The number of hydrazone groups is 1. The molecular weight excluding hydrogens is 366 g/mol. The van der Waals surface area contributed by atoms with Crippen LogP contribution in [0.25, 0.3) is 0 Å². The molecule has 6 nitrogen and oxygen atoms in total. The zero-order valence-electron chi connectivity index (χ0n) is 14.4. The first kappa shape index (κ1) is 18.4. The van der Waals surface area contributed by atoms with Gasteiger partial charge in [0.05, 0.1) is 29.6 Å². The lowest BCUT2D eigenvalue weighted by Gasteiger charge is -2.10. The van der Waals surface area contributed by atoms with E-state index in [1.54, 1.807) is 48.8 Å². The molecule has 3 rings (SSSR count). The molecule has 2 aromatic carbocycles. The molecule has 0 saturated carbocycles. The van der Waals surface area contributed by atoms with Gasteiger partial charge in [0.2, 0.25) is 0 Å². The summed E-state index contributed by atoms with van der Waals surface area (Å²) in [6.45, 7) is 0. The third-order valence-electron chi connectivity index (χ3n) is 3.56. The highest BCUT2D eigenvalue weighted by Crippen LogP contribution is 2.28. The largest absolute Gasteiger partial charge is 0.493 e. The molecule has 0 aliphatic carbocycles. The molecule has 0 unspecified atom stereocenters. The Labute approximate surface area is 161 Å². The van der Waals surface area contributed by atoms with E-state index in [0.29, 0.717) is 27.8 Å². The molecule has 7 heteroatoms. The molecule has 0 amide bonds. The van der Waals surface area contributed by atoms with Crippen molar-refractivity contribution in [1.29, 1.82) is 0 Å². The Bertz CT molecular complexity index is 962. The van der Waals surface area contributed by atoms with Crippen molar-refractivity contribution >= 4 is 29.5 Å². The van der Waals surface area contributed by atoms with Gasteiger partial charge in [-0.05, 0) is 48.0 Å². The molecule has 27 heavy (non-hydrogen) atoms. The third-order valence-corrected chi connectivity index (χ3v) is 3.89. The normalized spacial score (nSPS) is 10.6. The second-order valence-electron chi connectivity index (χ2n) is 5.39. The van der Waals surface area contributed by atoms with Crippen LogP contribution in [0.4, 0.5) is 5.69 Å². The van der Waals surface area contributed by atoms with Crippen LogP contribution in [-0.2, 0) is 0 Å². The van der Waals surface area contributed by atoms with Gasteiger partial charge in [-0.15, -0.1) is 0 Å². The van der Waals surface area contributed by atoms with Crippen LogP contribution >= 0.6 is 11.6 Å². The first-order valence-electron chi connectivity index (χ1n) is 8.01. The van der Waals surface area contributed by atoms with Crippen molar-refractivity contribution < 1.29 is 14.3 Å². The van der Waals surface area contributed by atoms with Gasteiger partial charge in [0.25, 0.3) is 0 Å². The summed E-state index contributed by atoms with van der Waals surface area (Å²) in [5, 5.41) is 4.73. The lowest BCUT2D eigenvalue weighted by atomic mass is 10.2. The zero-order valence-corrected chi connectivity index (χ0v) is 15.2. The van der Waals surface area contributed by atoms with Crippen LogP contribution in [0.5, 0.6) is 11.5 Å². The number of hydrogen-bond donors (Lipinski definition) is 1. The summed E-state index contributed by atoms with van der Waals surface area (Å²) in [5.41, 5.74) is 4.68. The molecule has 0 spiro atoms. The molecule has 3 aromatic rings. The smallest absolute Gasteiger partial charge is 0.345 e. The van der Waals surface area contributed by atoms with Gasteiger partial charge in [-0.25, -0.2) is 4.79 Å². The Hall–Kier alpha value is -3.38. The van der Waals surface area contributed by atoms with Crippen molar-refractivity contribution in [2.75, 3.05) is 12.5 Å². The number of para-hydroxylation sites is 1. The van der Waals surface area contributed by atoms with Gasteiger partial charge < -0.3 is 9.47 Å². The van der Waals surface area contributed by atoms with Gasteiger partial charge in [-0.2, -0.15) is 5.10 Å². The predicted octanol–water partition coefficient (Wildman–Crippen LogP) is 4.41. The number of pyridine rings is 1. The maximum atomic E-state index is 12.2. The Kier molecular flexibility index (Phi) is 6.02. The van der Waals surface area contributed by atoms with Crippen LogP contribution in [-0.4, -0.2) is 24.3 Å². The number of carbonyl (C=O) groups is 1. The summed E-state index contributed by atoms with van der Waals surface area (Å²) in [4.78, 5) is 16.1. The van der Waals surface area contributed by atoms with Gasteiger partial charge in [0.15, 0.2) is 11.5 Å². The van der Waals surface area contributed by atoms with E-state index in [1.807, 2.05) is 18.2 Å². The number of hydrogen-bond acceptors (Lipinski definition) is 6. The van der Waals surface area contributed by atoms with E-state index in [-0.39, 0.29) is 0 Å². The van der Waals surface area contributed by atoms with E-state index in [9.17, 15) is 4.79 Å². The standard InChI is InChI=1S/C20H16ClN3O3/c1-26-19-11-14(12-23-24-17-7-3-2-6-16(17)21)8-9-18(19)27-20(25)15-5-4-10-22-13-15/h2-13,24H,1H3/b23-12-. The molecule has 0 fully saturated rings. The molecule has 0 aliphatic heterocycles. The maximum Gasteiger partial charge on any atom is 0.345 e. The van der Waals surface area contributed by atoms with Crippen molar-refractivity contribution in [2.24, 2.45) is 5.10 Å². The highest BCUT2D eigenvalue weighted by atomic mass is 35.5. The predicted molar refractivity (Wildman–Crippen MR) is 105 cm³/mol. The molecule has 136 valence electrons. The number of halogens is 1. The maximum absolute atomic E-state index is 12.2. The number of nitrogens with zero attached hydrogens (tertiary/aromatic N) is 2. The van der Waals surface area contributed by atoms with Crippen LogP contribution < -0.4 is 14.9 Å². The fourth-order valence-electron chi connectivity index (χ4n) is 2.22. The number of anilines is 1. The average molecular weight is 382 g/mol. The molecule has 0 bridgehead atoms. The number of esters is 1. The highest BCUT2D eigenvalue weighted by Gasteiger charge is 2.12. The second kappa shape index (κ2) is 8.82. The average Bonchev–Trinajstić information content (AvgIpc) is 2.71. The van der Waals surface area contributed by atoms with E-state index in [4.69, 9.17) is 21.1 Å². The molecule has 1 N–H and O–H groups in total. The summed E-state index contributed by atoms with van der Waals surface area (Å²) in [7, 11) is 1.50. The minimum Gasteiger partial charge on any atom is -0.493 e. The van der Waals surface area contributed by atoms with Crippen molar-refractivity contribution in [1.82, 2.24) is 4.98 Å². The number of ether oxygens (including phenoxy) is 2. The zero-order chi connectivity index (χ0) is 19.1. The SMILES string of the molecule is COc1cc(/C=N\Nc2ccccc2Cl)ccc1OC(=O)c1cccnc1. The quantitative estimate of drug-likeness (QED) is 0.296. The monoisotopic (exact) mass is 381 g/mol. The minimum atomic E-state index is -0.511. The summed E-state index contributed by atoms with van der Waals surface area (Å²) >= 11 is 6.06. The minimum absolute atomic E-state index is 0.308. The van der Waals surface area contributed by atoms with E-state index < -0.39 is 5.97 Å². The summed E-state index contributed by atoms with van der Waals surface area (Å²) in [5.74, 6) is 0.208. The van der Waals surface area contributed by atoms with Gasteiger partial charge in [-0.1, -0.05) is 23.7 Å². The molecule has 0 aliphatic rings. The summed E-state index contributed by atoms with van der Waals surface area (Å²) < 4.78 is 10.7. The molecule has 0 saturated heterocycles. The first-order chi connectivity index (χ1) is 13.2. The van der Waals surface area contributed by atoms with Crippen molar-refractivity contribution in [2.45, 2.75) is 0 Å². The first-order valence-corrected chi connectivity index (χ1v) is 8.39. The van der Waals surface area contributed by atoms with Gasteiger partial charge >= 0.3 is 5.97 Å². The fourth-order valence-corrected chi connectivity index (χ4v) is 2.40. The summed E-state index contributed by atoms with van der Waals surface area (Å²) in [6, 6.07) is 15.7. The van der Waals surface area contributed by atoms with Crippen molar-refractivity contribution in [3.8, 4) is 11.5 Å². The van der Waals surface area contributed by atoms with E-state index >= 15 is 0 Å². The van der Waals surface area contributed by atoms with E-state index in [0.717, 1.165) is 5.56 Å². The van der Waals surface area contributed by atoms with Crippen LogP contribution in [0.15, 0.2) is 72.1 Å². The Morgan fingerprint density at radius 3 is 2.74 bits per heavy atom. The number of rotatable bonds is 6. The lowest BCUT2D eigenvalue weighted by Crippen LogP contribution is -2.09. The number of carbonyl (C=O) groups excluding carboxylic acids is 1. The molecular formula is C20H16ClN3O3. The van der Waals surface area contributed by atoms with E-state index in [2.05, 4.69) is 15.5 Å². The van der Waals surface area contributed by atoms with Crippen LogP contribution in [0, 0.1) is 0 Å². The van der Waals surface area contributed by atoms with Gasteiger partial charge in [0, 0.05) is 12.4 Å². The van der Waals surface area contributed by atoms with E-state index in [1.165, 1.54) is 13.3 Å². The van der Waals surface area contributed by atoms with Crippen molar-refractivity contribution in [3.05, 3.63) is 83.1 Å². The van der Waals surface area contributed by atoms with Crippen LogP contribution in [0.2, 0.25) is 5.02 Å². The topological polar surface area (TPSA) is 72.8 Å². The number of nitrogens with one attached hydrogen (secondary N) is 1. The van der Waals surface area contributed by atoms with Crippen LogP contribution in [0.3, 0.4) is 0 Å². The lowest BCUT2D eigenvalue weighted by molar-refractivity contribution is 0.0729. The molecule has 0 atom stereocenters. The fraction of sp³-hybridized carbons (Fsp3) is 0.0500. The van der Waals surface area contributed by atoms with Crippen LogP contribution in [0.1, 0.15) is 15.9 Å². The Morgan fingerprint density at radius 1 is 1.15 bits per heavy atom. The molecule has 1 heterocycles. The summed E-state index contributed by atoms with van der Waals surface area (Å²) in [6.07, 6.45) is 4.64. The molecule has 1 aromatic heterocycles. The Morgan fingerprint density at radius 2 is 2.00 bits per heavy atom. The Balaban J connectivity index is 1.71. The highest BCUT2D eigenvalue weighted by molar-refractivity contribution is 6.33. The third kappa shape index (κ3) is 4.83. The number of aromatic nitrogens is 1. The van der Waals surface area contributed by atoms with Crippen molar-refractivity contribution in [3.63, 3.8) is 0 Å².